The number of rotatable bonds is 7. The Bertz CT molecular complexity index is 416. The molecule has 0 saturated heterocycles. The zero-order valence-corrected chi connectivity index (χ0v) is 10.3. The highest BCUT2D eigenvalue weighted by molar-refractivity contribution is 5.89. The van der Waals surface area contributed by atoms with Crippen LogP contribution in [0.3, 0.4) is 0 Å². The van der Waals surface area contributed by atoms with Crippen LogP contribution in [0.2, 0.25) is 0 Å². The molecule has 0 atom stereocenters. The number of anilines is 1. The van der Waals surface area contributed by atoms with E-state index in [0.717, 1.165) is 12.1 Å². The molecule has 0 radical (unpaired) electrons. The quantitative estimate of drug-likeness (QED) is 0.660. The fourth-order valence-electron chi connectivity index (χ4n) is 1.29. The van der Waals surface area contributed by atoms with Crippen LogP contribution in [-0.2, 0) is 4.74 Å². The highest BCUT2D eigenvalue weighted by Gasteiger charge is 2.05. The third-order valence-electron chi connectivity index (χ3n) is 2.16. The topological polar surface area (TPSA) is 70.6 Å². The van der Waals surface area contributed by atoms with Gasteiger partial charge in [-0.05, 0) is 18.6 Å². The summed E-state index contributed by atoms with van der Waals surface area (Å²) in [6.07, 6.45) is 0.588. The summed E-state index contributed by atoms with van der Waals surface area (Å²) >= 11 is 0. The van der Waals surface area contributed by atoms with Crippen molar-refractivity contribution in [3.63, 3.8) is 0 Å². The molecule has 0 aromatic heterocycles. The summed E-state index contributed by atoms with van der Waals surface area (Å²) < 4.78 is 30.5. The van der Waals surface area contributed by atoms with Gasteiger partial charge in [0, 0.05) is 24.9 Å². The van der Waals surface area contributed by atoms with Crippen LogP contribution in [0.1, 0.15) is 6.42 Å². The van der Waals surface area contributed by atoms with Gasteiger partial charge in [0.2, 0.25) is 0 Å². The average Bonchev–Trinajstić information content (AvgIpc) is 2.38. The molecule has 0 bridgehead atoms. The second kappa shape index (κ2) is 8.39. The van der Waals surface area contributed by atoms with Gasteiger partial charge >= 0.3 is 6.03 Å². The molecule has 0 aliphatic rings. The number of nitrogens with one attached hydrogen (secondary N) is 2. The molecule has 1 rings (SSSR count). The summed E-state index contributed by atoms with van der Waals surface area (Å²) in [5.41, 5.74) is 0.174. The summed E-state index contributed by atoms with van der Waals surface area (Å²) in [5, 5.41) is 13.4. The molecule has 0 saturated carbocycles. The number of aliphatic hydroxyl groups excluding tert-OH is 1. The molecule has 7 heteroatoms. The molecular formula is C12H16F2N2O3. The normalized spacial score (nSPS) is 10.3. The maximum Gasteiger partial charge on any atom is 0.319 e. The predicted octanol–water partition coefficient (Wildman–Crippen LogP) is 1.49. The summed E-state index contributed by atoms with van der Waals surface area (Å²) in [5.74, 6) is -1.98. The van der Waals surface area contributed by atoms with Crippen LogP contribution in [0.4, 0.5) is 19.3 Å². The minimum absolute atomic E-state index is 0.0377. The van der Waals surface area contributed by atoms with Crippen LogP contribution in [0.25, 0.3) is 0 Å². The molecule has 19 heavy (non-hydrogen) atoms. The lowest BCUT2D eigenvalue weighted by molar-refractivity contribution is 0.0910. The summed E-state index contributed by atoms with van der Waals surface area (Å²) in [6, 6.07) is 2.60. The van der Waals surface area contributed by atoms with Crippen molar-refractivity contribution in [3.8, 4) is 0 Å². The first-order chi connectivity index (χ1) is 9.13. The molecule has 2 amide bonds. The Labute approximate surface area is 109 Å². The van der Waals surface area contributed by atoms with Gasteiger partial charge < -0.3 is 20.5 Å². The third-order valence-corrected chi connectivity index (χ3v) is 2.16. The lowest BCUT2D eigenvalue weighted by atomic mass is 10.3. The highest BCUT2D eigenvalue weighted by Crippen LogP contribution is 2.12. The van der Waals surface area contributed by atoms with Crippen molar-refractivity contribution in [2.24, 2.45) is 0 Å². The van der Waals surface area contributed by atoms with E-state index in [9.17, 15) is 13.6 Å². The fourth-order valence-corrected chi connectivity index (χ4v) is 1.29. The van der Waals surface area contributed by atoms with Gasteiger partial charge in [-0.2, -0.15) is 0 Å². The first-order valence-corrected chi connectivity index (χ1v) is 5.82. The monoisotopic (exact) mass is 274 g/mol. The Morgan fingerprint density at radius 1 is 1.26 bits per heavy atom. The Hall–Kier alpha value is -1.73. The lowest BCUT2D eigenvalue weighted by Gasteiger charge is -2.08. The highest BCUT2D eigenvalue weighted by atomic mass is 19.2. The third kappa shape index (κ3) is 6.12. The number of amides is 2. The van der Waals surface area contributed by atoms with E-state index in [2.05, 4.69) is 10.6 Å². The van der Waals surface area contributed by atoms with Crippen molar-refractivity contribution in [2.45, 2.75) is 6.42 Å². The SMILES string of the molecule is O=C(NCCCOCCO)Nc1ccc(F)c(F)c1. The average molecular weight is 274 g/mol. The smallest absolute Gasteiger partial charge is 0.319 e. The standard InChI is InChI=1S/C12H16F2N2O3/c13-10-3-2-9(8-11(10)14)16-12(18)15-4-1-6-19-7-5-17/h2-3,8,17H,1,4-7H2,(H2,15,16,18). The molecule has 0 unspecified atom stereocenters. The van der Waals surface area contributed by atoms with E-state index in [-0.39, 0.29) is 18.9 Å². The van der Waals surface area contributed by atoms with Crippen molar-refractivity contribution in [1.29, 1.82) is 0 Å². The molecule has 0 aliphatic heterocycles. The fraction of sp³-hybridized carbons (Fsp3) is 0.417. The first-order valence-electron chi connectivity index (χ1n) is 5.82. The molecule has 1 aromatic rings. The molecule has 0 spiro atoms. The van der Waals surface area contributed by atoms with Crippen molar-refractivity contribution >= 4 is 11.7 Å². The van der Waals surface area contributed by atoms with E-state index in [0.29, 0.717) is 19.6 Å². The van der Waals surface area contributed by atoms with Crippen LogP contribution in [-0.4, -0.2) is 37.5 Å². The van der Waals surface area contributed by atoms with Gasteiger partial charge in [0.15, 0.2) is 11.6 Å². The summed E-state index contributed by atoms with van der Waals surface area (Å²) in [7, 11) is 0. The molecule has 0 aliphatic carbocycles. The number of carbonyl (C=O) groups is 1. The summed E-state index contributed by atoms with van der Waals surface area (Å²) in [4.78, 5) is 11.4. The van der Waals surface area contributed by atoms with Gasteiger partial charge in [-0.1, -0.05) is 0 Å². The van der Waals surface area contributed by atoms with Gasteiger partial charge in [0.05, 0.1) is 13.2 Å². The van der Waals surface area contributed by atoms with E-state index >= 15 is 0 Å². The number of ether oxygens (including phenoxy) is 1. The molecule has 5 nitrogen and oxygen atoms in total. The number of benzene rings is 1. The van der Waals surface area contributed by atoms with Crippen molar-refractivity contribution in [1.82, 2.24) is 5.32 Å². The van der Waals surface area contributed by atoms with E-state index in [1.54, 1.807) is 0 Å². The Morgan fingerprint density at radius 3 is 2.74 bits per heavy atom. The number of hydrogen-bond donors (Lipinski definition) is 3. The Balaban J connectivity index is 2.21. The number of hydrogen-bond acceptors (Lipinski definition) is 3. The Morgan fingerprint density at radius 2 is 2.05 bits per heavy atom. The van der Waals surface area contributed by atoms with Crippen LogP contribution in [0, 0.1) is 11.6 Å². The Kier molecular flexibility index (Phi) is 6.76. The maximum absolute atomic E-state index is 12.9. The van der Waals surface area contributed by atoms with E-state index < -0.39 is 17.7 Å². The largest absolute Gasteiger partial charge is 0.394 e. The molecular weight excluding hydrogens is 258 g/mol. The molecule has 0 heterocycles. The van der Waals surface area contributed by atoms with Crippen LogP contribution in [0.15, 0.2) is 18.2 Å². The molecule has 1 aromatic carbocycles. The van der Waals surface area contributed by atoms with E-state index in [1.165, 1.54) is 6.07 Å². The number of aliphatic hydroxyl groups is 1. The maximum atomic E-state index is 12.9. The zero-order valence-electron chi connectivity index (χ0n) is 10.3. The second-order valence-electron chi connectivity index (χ2n) is 3.70. The van der Waals surface area contributed by atoms with Gasteiger partial charge in [-0.25, -0.2) is 13.6 Å². The number of halogens is 2. The lowest BCUT2D eigenvalue weighted by Crippen LogP contribution is -2.30. The first kappa shape index (κ1) is 15.3. The van der Waals surface area contributed by atoms with E-state index in [1.807, 2.05) is 0 Å². The van der Waals surface area contributed by atoms with Crippen LogP contribution < -0.4 is 10.6 Å². The molecule has 106 valence electrons. The van der Waals surface area contributed by atoms with E-state index in [4.69, 9.17) is 9.84 Å². The zero-order chi connectivity index (χ0) is 14.1. The minimum atomic E-state index is -1.02. The second-order valence-corrected chi connectivity index (χ2v) is 3.70. The van der Waals surface area contributed by atoms with Crippen molar-refractivity contribution in [2.75, 3.05) is 31.7 Å². The van der Waals surface area contributed by atoms with Gasteiger partial charge in [0.1, 0.15) is 0 Å². The number of carbonyl (C=O) groups excluding carboxylic acids is 1. The van der Waals surface area contributed by atoms with Crippen molar-refractivity contribution in [3.05, 3.63) is 29.8 Å². The van der Waals surface area contributed by atoms with Gasteiger partial charge in [0.25, 0.3) is 0 Å². The van der Waals surface area contributed by atoms with Gasteiger partial charge in [-0.3, -0.25) is 0 Å². The predicted molar refractivity (Wildman–Crippen MR) is 65.9 cm³/mol. The minimum Gasteiger partial charge on any atom is -0.394 e. The van der Waals surface area contributed by atoms with Crippen LogP contribution >= 0.6 is 0 Å². The van der Waals surface area contributed by atoms with Gasteiger partial charge in [-0.15, -0.1) is 0 Å². The summed E-state index contributed by atoms with van der Waals surface area (Å²) in [6.45, 7) is 1.03. The molecule has 0 fully saturated rings. The number of urea groups is 1. The van der Waals surface area contributed by atoms with Crippen LogP contribution in [0.5, 0.6) is 0 Å². The molecule has 3 N–H and O–H groups in total. The van der Waals surface area contributed by atoms with Crippen molar-refractivity contribution < 1.29 is 23.4 Å².